The molecule has 1 aromatic heterocycles. The Morgan fingerprint density at radius 3 is 2.72 bits per heavy atom. The summed E-state index contributed by atoms with van der Waals surface area (Å²) >= 11 is 6.53. The van der Waals surface area contributed by atoms with Crippen LogP contribution in [0.1, 0.15) is 37.8 Å². The van der Waals surface area contributed by atoms with E-state index in [0.717, 1.165) is 31.2 Å². The van der Waals surface area contributed by atoms with Crippen molar-refractivity contribution in [2.75, 3.05) is 13.2 Å². The van der Waals surface area contributed by atoms with Gasteiger partial charge < -0.3 is 14.8 Å². The topological polar surface area (TPSA) is 60.5 Å². The molecule has 29 heavy (non-hydrogen) atoms. The Labute approximate surface area is 177 Å². The van der Waals surface area contributed by atoms with Gasteiger partial charge in [0, 0.05) is 19.2 Å². The summed E-state index contributed by atoms with van der Waals surface area (Å²) in [6, 6.07) is 12.4. The van der Waals surface area contributed by atoms with E-state index in [1.165, 1.54) is 12.5 Å². The van der Waals surface area contributed by atoms with E-state index < -0.39 is 0 Å². The van der Waals surface area contributed by atoms with Gasteiger partial charge in [-0.3, -0.25) is 4.79 Å². The summed E-state index contributed by atoms with van der Waals surface area (Å²) in [6.07, 6.45) is 5.70. The van der Waals surface area contributed by atoms with Crippen LogP contribution in [0.2, 0.25) is 5.02 Å². The standard InChI is InChI=1S/C23H29ClN2O3/c1-16(26-17(2)27)14-28-21-12-19(13-21)15-29-23-22(24)20(10-11-25-23)9-8-18-6-4-3-5-7-18/h3-7,10-11,16,19,21H,8-9,12-15H2,1-2H3,(H,26,27)/t16-,19?,21?/m0/s1. The van der Waals surface area contributed by atoms with Gasteiger partial charge in [-0.2, -0.15) is 0 Å². The molecule has 1 aliphatic rings. The van der Waals surface area contributed by atoms with Crippen LogP contribution in [0.3, 0.4) is 0 Å². The smallest absolute Gasteiger partial charge is 0.232 e. The summed E-state index contributed by atoms with van der Waals surface area (Å²) in [5.74, 6) is 0.930. The number of aryl methyl sites for hydroxylation is 2. The van der Waals surface area contributed by atoms with Crippen molar-refractivity contribution < 1.29 is 14.3 Å². The van der Waals surface area contributed by atoms with Crippen molar-refractivity contribution in [2.24, 2.45) is 5.92 Å². The number of nitrogens with zero attached hydrogens (tertiary/aromatic N) is 1. The van der Waals surface area contributed by atoms with Crippen molar-refractivity contribution in [1.29, 1.82) is 0 Å². The molecular weight excluding hydrogens is 388 g/mol. The lowest BCUT2D eigenvalue weighted by molar-refractivity contribution is -0.120. The van der Waals surface area contributed by atoms with E-state index in [4.69, 9.17) is 21.1 Å². The van der Waals surface area contributed by atoms with Gasteiger partial charge >= 0.3 is 0 Å². The molecule has 1 atom stereocenters. The molecule has 2 aromatic rings. The molecule has 1 amide bonds. The van der Waals surface area contributed by atoms with E-state index >= 15 is 0 Å². The average Bonchev–Trinajstić information content (AvgIpc) is 2.66. The highest BCUT2D eigenvalue weighted by Crippen LogP contribution is 2.32. The number of pyridine rings is 1. The zero-order chi connectivity index (χ0) is 20.6. The molecular formula is C23H29ClN2O3. The second-order valence-corrected chi connectivity index (χ2v) is 8.16. The zero-order valence-corrected chi connectivity index (χ0v) is 17.8. The Morgan fingerprint density at radius 2 is 2.00 bits per heavy atom. The molecule has 0 radical (unpaired) electrons. The maximum Gasteiger partial charge on any atom is 0.232 e. The van der Waals surface area contributed by atoms with Crippen LogP contribution in [-0.4, -0.2) is 36.3 Å². The van der Waals surface area contributed by atoms with Gasteiger partial charge in [-0.15, -0.1) is 0 Å². The van der Waals surface area contributed by atoms with Crippen LogP contribution in [-0.2, 0) is 22.4 Å². The van der Waals surface area contributed by atoms with E-state index in [0.29, 0.717) is 30.0 Å². The highest BCUT2D eigenvalue weighted by Gasteiger charge is 2.31. The van der Waals surface area contributed by atoms with E-state index in [1.807, 2.05) is 31.2 Å². The number of halogens is 1. The number of carbonyl (C=O) groups is 1. The molecule has 1 saturated carbocycles. The number of rotatable bonds is 10. The molecule has 1 aliphatic carbocycles. The first-order valence-corrected chi connectivity index (χ1v) is 10.6. The van der Waals surface area contributed by atoms with Crippen molar-refractivity contribution in [1.82, 2.24) is 10.3 Å². The normalized spacial score (nSPS) is 19.3. The van der Waals surface area contributed by atoms with Crippen molar-refractivity contribution in [3.63, 3.8) is 0 Å². The first-order chi connectivity index (χ1) is 14.0. The molecule has 0 aliphatic heterocycles. The summed E-state index contributed by atoms with van der Waals surface area (Å²) in [7, 11) is 0. The fourth-order valence-corrected chi connectivity index (χ4v) is 3.75. The number of aromatic nitrogens is 1. The second-order valence-electron chi connectivity index (χ2n) is 7.78. The van der Waals surface area contributed by atoms with E-state index in [-0.39, 0.29) is 18.1 Å². The fourth-order valence-electron chi connectivity index (χ4n) is 3.49. The summed E-state index contributed by atoms with van der Waals surface area (Å²) in [5.41, 5.74) is 2.35. The van der Waals surface area contributed by atoms with Gasteiger partial charge in [-0.25, -0.2) is 4.98 Å². The first-order valence-electron chi connectivity index (χ1n) is 10.2. The summed E-state index contributed by atoms with van der Waals surface area (Å²) < 4.78 is 11.7. The fraction of sp³-hybridized carbons (Fsp3) is 0.478. The van der Waals surface area contributed by atoms with Crippen molar-refractivity contribution >= 4 is 17.5 Å². The minimum atomic E-state index is -0.0311. The predicted octanol–water partition coefficient (Wildman–Crippen LogP) is 4.22. The average molecular weight is 417 g/mol. The monoisotopic (exact) mass is 416 g/mol. The van der Waals surface area contributed by atoms with Gasteiger partial charge in [-0.1, -0.05) is 41.9 Å². The maximum atomic E-state index is 11.0. The van der Waals surface area contributed by atoms with Crippen LogP contribution in [0.5, 0.6) is 5.88 Å². The number of benzene rings is 1. The van der Waals surface area contributed by atoms with Crippen LogP contribution in [0.4, 0.5) is 0 Å². The largest absolute Gasteiger partial charge is 0.476 e. The van der Waals surface area contributed by atoms with Crippen molar-refractivity contribution in [3.05, 3.63) is 58.7 Å². The molecule has 1 fully saturated rings. The van der Waals surface area contributed by atoms with Crippen LogP contribution in [0, 0.1) is 5.92 Å². The SMILES string of the molecule is CC(=O)N[C@@H](C)COC1CC(COc2nccc(CCc3ccccc3)c2Cl)C1. The third-order valence-corrected chi connectivity index (χ3v) is 5.55. The van der Waals surface area contributed by atoms with E-state index in [9.17, 15) is 4.79 Å². The predicted molar refractivity (Wildman–Crippen MR) is 114 cm³/mol. The van der Waals surface area contributed by atoms with E-state index in [1.54, 1.807) is 6.20 Å². The maximum absolute atomic E-state index is 11.0. The molecule has 3 rings (SSSR count). The van der Waals surface area contributed by atoms with Gasteiger partial charge in [0.2, 0.25) is 11.8 Å². The Balaban J connectivity index is 1.40. The van der Waals surface area contributed by atoms with Gasteiger partial charge in [0.05, 0.1) is 19.3 Å². The molecule has 1 heterocycles. The highest BCUT2D eigenvalue weighted by molar-refractivity contribution is 6.32. The third-order valence-electron chi connectivity index (χ3n) is 5.14. The molecule has 156 valence electrons. The zero-order valence-electron chi connectivity index (χ0n) is 17.1. The van der Waals surface area contributed by atoms with Crippen molar-refractivity contribution in [3.8, 4) is 5.88 Å². The van der Waals surface area contributed by atoms with Crippen LogP contribution < -0.4 is 10.1 Å². The minimum absolute atomic E-state index is 0.0311. The van der Waals surface area contributed by atoms with Crippen LogP contribution in [0.25, 0.3) is 0 Å². The number of amides is 1. The lowest BCUT2D eigenvalue weighted by atomic mass is 9.83. The highest BCUT2D eigenvalue weighted by atomic mass is 35.5. The molecule has 1 N–H and O–H groups in total. The summed E-state index contributed by atoms with van der Waals surface area (Å²) in [5, 5.41) is 3.44. The third kappa shape index (κ3) is 6.72. The summed E-state index contributed by atoms with van der Waals surface area (Å²) in [6.45, 7) is 4.59. The van der Waals surface area contributed by atoms with Crippen molar-refractivity contribution in [2.45, 2.75) is 51.7 Å². The molecule has 1 aromatic carbocycles. The van der Waals surface area contributed by atoms with E-state index in [2.05, 4.69) is 22.4 Å². The summed E-state index contributed by atoms with van der Waals surface area (Å²) in [4.78, 5) is 15.3. The lowest BCUT2D eigenvalue weighted by Crippen LogP contribution is -2.40. The minimum Gasteiger partial charge on any atom is -0.476 e. The Bertz CT molecular complexity index is 794. The van der Waals surface area contributed by atoms with Gasteiger partial charge in [0.25, 0.3) is 0 Å². The molecule has 5 nitrogen and oxygen atoms in total. The quantitative estimate of drug-likeness (QED) is 0.630. The van der Waals surface area contributed by atoms with Gasteiger partial charge in [-0.05, 0) is 55.7 Å². The molecule has 0 bridgehead atoms. The van der Waals surface area contributed by atoms with Gasteiger partial charge in [0.1, 0.15) is 5.02 Å². The Kier molecular flexibility index (Phi) is 7.90. The lowest BCUT2D eigenvalue weighted by Gasteiger charge is -2.35. The second kappa shape index (κ2) is 10.6. The molecule has 0 spiro atoms. The Hall–Kier alpha value is -2.11. The van der Waals surface area contributed by atoms with Gasteiger partial charge in [0.15, 0.2) is 0 Å². The number of nitrogens with one attached hydrogen (secondary N) is 1. The van der Waals surface area contributed by atoms with Crippen LogP contribution in [0.15, 0.2) is 42.6 Å². The first kappa shape index (κ1) is 21.6. The molecule has 0 unspecified atom stereocenters. The molecule has 6 heteroatoms. The Morgan fingerprint density at radius 1 is 1.24 bits per heavy atom. The number of carbonyl (C=O) groups excluding carboxylic acids is 1. The molecule has 0 saturated heterocycles. The van der Waals surface area contributed by atoms with Crippen LogP contribution >= 0.6 is 11.6 Å². The number of hydrogen-bond donors (Lipinski definition) is 1. The number of ether oxygens (including phenoxy) is 2. The number of hydrogen-bond acceptors (Lipinski definition) is 4.